The number of carbonyl (C=O) groups excluding carboxylic acids is 2. The predicted molar refractivity (Wildman–Crippen MR) is 185 cm³/mol. The molecular formula is C38H76N2O2. The summed E-state index contributed by atoms with van der Waals surface area (Å²) < 4.78 is 0. The third kappa shape index (κ3) is 16.7. The zero-order valence-electron chi connectivity index (χ0n) is 30.0. The molecule has 0 aliphatic rings. The van der Waals surface area contributed by atoms with Crippen LogP contribution in [-0.4, -0.2) is 45.8 Å². The van der Waals surface area contributed by atoms with Crippen molar-refractivity contribution in [3.05, 3.63) is 0 Å². The molecule has 0 aromatic rings. The van der Waals surface area contributed by atoms with Gasteiger partial charge in [0, 0.05) is 37.0 Å². The van der Waals surface area contributed by atoms with Crippen molar-refractivity contribution < 1.29 is 9.59 Å². The molecule has 0 spiro atoms. The Bertz CT molecular complexity index is 547. The van der Waals surface area contributed by atoms with Crippen LogP contribution >= 0.6 is 0 Å². The van der Waals surface area contributed by atoms with Crippen LogP contribution in [0.5, 0.6) is 0 Å². The maximum Gasteiger partial charge on any atom is 0.223 e. The molecule has 4 unspecified atom stereocenters. The van der Waals surface area contributed by atoms with E-state index in [1.54, 1.807) is 0 Å². The van der Waals surface area contributed by atoms with Gasteiger partial charge >= 0.3 is 0 Å². The first-order valence-corrected chi connectivity index (χ1v) is 19.0. The van der Waals surface area contributed by atoms with Crippen LogP contribution in [0.4, 0.5) is 0 Å². The molecule has 0 aromatic heterocycles. The zero-order valence-corrected chi connectivity index (χ0v) is 30.0. The number of carbonyl (C=O) groups is 2. The van der Waals surface area contributed by atoms with Crippen molar-refractivity contribution in [2.45, 2.75) is 234 Å². The number of nitrogens with zero attached hydrogens (tertiary/aromatic N) is 2. The van der Waals surface area contributed by atoms with Crippen molar-refractivity contribution >= 4 is 11.8 Å². The predicted octanol–water partition coefficient (Wildman–Crippen LogP) is 11.6. The van der Waals surface area contributed by atoms with Crippen LogP contribution in [0.2, 0.25) is 0 Å². The first-order valence-electron chi connectivity index (χ1n) is 19.0. The van der Waals surface area contributed by atoms with E-state index in [0.29, 0.717) is 48.8 Å². The van der Waals surface area contributed by atoms with E-state index in [0.717, 1.165) is 64.2 Å². The molecule has 0 saturated carbocycles. The largest absolute Gasteiger partial charge is 0.337 e. The van der Waals surface area contributed by atoms with E-state index in [9.17, 15) is 9.59 Å². The molecule has 2 amide bonds. The standard InChI is InChI=1S/C38H76N2O2/c1-9-17-21-27-33(13-5)39(34(14-6)28-22-18-10-2)37(41)31-25-26-32-38(42)40(35(15-7)29-23-19-11-3)36(16-8)30-24-20-12-4/h33-36H,9-32H2,1-8H3. The van der Waals surface area contributed by atoms with Crippen LogP contribution in [0.1, 0.15) is 209 Å². The molecule has 250 valence electrons. The average molecular weight is 593 g/mol. The minimum atomic E-state index is 0.336. The van der Waals surface area contributed by atoms with Crippen LogP contribution < -0.4 is 0 Å². The van der Waals surface area contributed by atoms with Crippen molar-refractivity contribution in [2.75, 3.05) is 0 Å². The lowest BCUT2D eigenvalue weighted by molar-refractivity contribution is -0.139. The average Bonchev–Trinajstić information content (AvgIpc) is 3.00. The summed E-state index contributed by atoms with van der Waals surface area (Å²) in [4.78, 5) is 32.3. The van der Waals surface area contributed by atoms with Gasteiger partial charge in [-0.05, 0) is 64.2 Å². The Balaban J connectivity index is 5.47. The van der Waals surface area contributed by atoms with Gasteiger partial charge in [0.25, 0.3) is 0 Å². The molecule has 0 aliphatic carbocycles. The first kappa shape index (κ1) is 40.9. The summed E-state index contributed by atoms with van der Waals surface area (Å²) in [6, 6.07) is 1.42. The Morgan fingerprint density at radius 3 is 0.810 bits per heavy atom. The topological polar surface area (TPSA) is 40.6 Å². The summed E-state index contributed by atoms with van der Waals surface area (Å²) in [6.45, 7) is 18.1. The summed E-state index contributed by atoms with van der Waals surface area (Å²) in [7, 11) is 0. The van der Waals surface area contributed by atoms with Crippen molar-refractivity contribution in [3.8, 4) is 0 Å². The maximum atomic E-state index is 13.8. The molecule has 0 aromatic carbocycles. The van der Waals surface area contributed by atoms with E-state index in [2.05, 4.69) is 65.2 Å². The van der Waals surface area contributed by atoms with Crippen LogP contribution in [0.3, 0.4) is 0 Å². The van der Waals surface area contributed by atoms with Gasteiger partial charge in [-0.25, -0.2) is 0 Å². The van der Waals surface area contributed by atoms with Crippen molar-refractivity contribution in [3.63, 3.8) is 0 Å². The van der Waals surface area contributed by atoms with E-state index >= 15 is 0 Å². The molecule has 4 heteroatoms. The molecule has 0 N–H and O–H groups in total. The molecule has 0 fully saturated rings. The lowest BCUT2D eigenvalue weighted by Crippen LogP contribution is -2.47. The Labute approximate surface area is 264 Å². The highest BCUT2D eigenvalue weighted by Gasteiger charge is 2.30. The molecule has 0 heterocycles. The van der Waals surface area contributed by atoms with Crippen LogP contribution in [0.15, 0.2) is 0 Å². The molecule has 4 nitrogen and oxygen atoms in total. The highest BCUT2D eigenvalue weighted by Crippen LogP contribution is 2.26. The summed E-state index contributed by atoms with van der Waals surface area (Å²) in [5, 5.41) is 0. The first-order chi connectivity index (χ1) is 20.4. The van der Waals surface area contributed by atoms with E-state index in [-0.39, 0.29) is 0 Å². The fourth-order valence-electron chi connectivity index (χ4n) is 6.90. The van der Waals surface area contributed by atoms with Crippen LogP contribution in [-0.2, 0) is 9.59 Å². The number of hydrogen-bond acceptors (Lipinski definition) is 2. The van der Waals surface area contributed by atoms with Gasteiger partial charge in [-0.3, -0.25) is 9.59 Å². The molecule has 42 heavy (non-hydrogen) atoms. The Kier molecular flexibility index (Phi) is 26.8. The van der Waals surface area contributed by atoms with E-state index < -0.39 is 0 Å². The quantitative estimate of drug-likeness (QED) is 0.0810. The molecule has 0 saturated heterocycles. The van der Waals surface area contributed by atoms with Gasteiger partial charge in [0.05, 0.1) is 0 Å². The molecular weight excluding hydrogens is 516 g/mol. The lowest BCUT2D eigenvalue weighted by Gasteiger charge is -2.39. The number of rotatable bonds is 29. The Morgan fingerprint density at radius 2 is 0.619 bits per heavy atom. The smallest absolute Gasteiger partial charge is 0.223 e. The Hall–Kier alpha value is -1.06. The summed E-state index contributed by atoms with van der Waals surface area (Å²) in [5.41, 5.74) is 0. The maximum absolute atomic E-state index is 13.8. The van der Waals surface area contributed by atoms with Gasteiger partial charge in [-0.2, -0.15) is 0 Å². The van der Waals surface area contributed by atoms with Gasteiger partial charge in [-0.1, -0.05) is 132 Å². The summed E-state index contributed by atoms with van der Waals surface area (Å²) >= 11 is 0. The number of hydrogen-bond donors (Lipinski definition) is 0. The summed E-state index contributed by atoms with van der Waals surface area (Å²) in [6.07, 6.45) is 26.2. The van der Waals surface area contributed by atoms with Crippen LogP contribution in [0, 0.1) is 0 Å². The Morgan fingerprint density at radius 1 is 0.381 bits per heavy atom. The minimum absolute atomic E-state index is 0.336. The molecule has 0 radical (unpaired) electrons. The number of unbranched alkanes of at least 4 members (excludes halogenated alkanes) is 9. The SMILES string of the molecule is CCCCCC(CC)N(C(=O)CCCCC(=O)N(C(CC)CCCCC)C(CC)CCCCC)C(CC)CCCCC. The van der Waals surface area contributed by atoms with Crippen LogP contribution in [0.25, 0.3) is 0 Å². The van der Waals surface area contributed by atoms with E-state index in [1.165, 1.54) is 77.0 Å². The zero-order chi connectivity index (χ0) is 31.6. The van der Waals surface area contributed by atoms with Gasteiger partial charge < -0.3 is 9.80 Å². The second-order valence-electron chi connectivity index (χ2n) is 13.0. The van der Waals surface area contributed by atoms with Gasteiger partial charge in [0.15, 0.2) is 0 Å². The second-order valence-corrected chi connectivity index (χ2v) is 13.0. The van der Waals surface area contributed by atoms with E-state index in [4.69, 9.17) is 0 Å². The van der Waals surface area contributed by atoms with Crippen molar-refractivity contribution in [2.24, 2.45) is 0 Å². The fraction of sp³-hybridized carbons (Fsp3) is 0.947. The van der Waals surface area contributed by atoms with E-state index in [1.807, 2.05) is 0 Å². The van der Waals surface area contributed by atoms with Crippen molar-refractivity contribution in [1.29, 1.82) is 0 Å². The second kappa shape index (κ2) is 27.5. The van der Waals surface area contributed by atoms with Gasteiger partial charge in [-0.15, -0.1) is 0 Å². The number of amides is 2. The van der Waals surface area contributed by atoms with Gasteiger partial charge in [0.1, 0.15) is 0 Å². The fourth-order valence-corrected chi connectivity index (χ4v) is 6.90. The third-order valence-electron chi connectivity index (χ3n) is 9.63. The minimum Gasteiger partial charge on any atom is -0.337 e. The van der Waals surface area contributed by atoms with Crippen molar-refractivity contribution in [1.82, 2.24) is 9.80 Å². The summed E-state index contributed by atoms with van der Waals surface area (Å²) in [5.74, 6) is 0.672. The highest BCUT2D eigenvalue weighted by atomic mass is 16.2. The molecule has 0 rings (SSSR count). The van der Waals surface area contributed by atoms with Gasteiger partial charge in [0.2, 0.25) is 11.8 Å². The third-order valence-corrected chi connectivity index (χ3v) is 9.63. The highest BCUT2D eigenvalue weighted by molar-refractivity contribution is 5.78. The monoisotopic (exact) mass is 593 g/mol. The molecule has 0 bridgehead atoms. The normalized spacial score (nSPS) is 14.4. The lowest BCUT2D eigenvalue weighted by atomic mass is 9.96. The molecule has 0 aliphatic heterocycles. The molecule has 4 atom stereocenters.